The van der Waals surface area contributed by atoms with Crippen molar-refractivity contribution in [3.05, 3.63) is 22.6 Å². The molecule has 0 spiro atoms. The molecule has 1 aromatic rings. The van der Waals surface area contributed by atoms with Gasteiger partial charge in [0.25, 0.3) is 0 Å². The summed E-state index contributed by atoms with van der Waals surface area (Å²) in [7, 11) is 1.33. The number of carboxylic acids is 1. The molecule has 0 aromatic carbocycles. The van der Waals surface area contributed by atoms with Crippen molar-refractivity contribution >= 4 is 17.7 Å². The van der Waals surface area contributed by atoms with E-state index < -0.39 is 22.8 Å². The summed E-state index contributed by atoms with van der Waals surface area (Å²) in [6.07, 6.45) is 2.40. The molecule has 0 saturated heterocycles. The third-order valence-electron chi connectivity index (χ3n) is 2.37. The fourth-order valence-electron chi connectivity index (χ4n) is 1.40. The minimum absolute atomic E-state index is 0.0268. The number of aryl methyl sites for hydroxylation is 1. The summed E-state index contributed by atoms with van der Waals surface area (Å²) in [4.78, 5) is 35.6. The first-order chi connectivity index (χ1) is 9.43. The lowest BCUT2D eigenvalue weighted by molar-refractivity contribution is -0.389. The van der Waals surface area contributed by atoms with Gasteiger partial charge in [0, 0.05) is 20.1 Å². The van der Waals surface area contributed by atoms with E-state index >= 15 is 0 Å². The second-order valence-electron chi connectivity index (χ2n) is 3.89. The van der Waals surface area contributed by atoms with Gasteiger partial charge in [0.15, 0.2) is 6.04 Å². The molecule has 0 saturated carbocycles. The van der Waals surface area contributed by atoms with Crippen molar-refractivity contribution in [2.75, 3.05) is 13.7 Å². The largest absolute Gasteiger partial charge is 0.480 e. The Bertz CT molecular complexity index is 500. The monoisotopic (exact) mass is 286 g/mol. The van der Waals surface area contributed by atoms with Gasteiger partial charge in [0.2, 0.25) is 12.2 Å². The van der Waals surface area contributed by atoms with Crippen molar-refractivity contribution in [2.45, 2.75) is 19.0 Å². The Kier molecular flexibility index (Phi) is 5.59. The van der Waals surface area contributed by atoms with Crippen molar-refractivity contribution in [3.8, 4) is 0 Å². The molecule has 10 nitrogen and oxygen atoms in total. The molecule has 10 heteroatoms. The maximum absolute atomic E-state index is 11.5. The van der Waals surface area contributed by atoms with E-state index in [4.69, 9.17) is 5.11 Å². The topological polar surface area (TPSA) is 137 Å². The average Bonchev–Trinajstić information content (AvgIpc) is 2.84. The van der Waals surface area contributed by atoms with Crippen LogP contribution in [0.4, 0.5) is 5.82 Å². The summed E-state index contributed by atoms with van der Waals surface area (Å²) in [5, 5.41) is 21.5. The zero-order valence-electron chi connectivity index (χ0n) is 10.7. The normalized spacial score (nSPS) is 11.8. The van der Waals surface area contributed by atoms with E-state index in [1.54, 1.807) is 0 Å². The lowest BCUT2D eigenvalue weighted by Gasteiger charge is -2.13. The number of rotatable bonds is 8. The number of nitro groups is 1. The maximum Gasteiger partial charge on any atom is 0.381 e. The van der Waals surface area contributed by atoms with Crippen molar-refractivity contribution in [2.24, 2.45) is 0 Å². The van der Waals surface area contributed by atoms with E-state index in [2.05, 4.69) is 15.0 Å². The van der Waals surface area contributed by atoms with E-state index in [9.17, 15) is 19.7 Å². The number of aliphatic carboxylic acids is 1. The molecule has 0 aliphatic carbocycles. The molecule has 0 aliphatic rings. The first kappa shape index (κ1) is 15.6. The van der Waals surface area contributed by atoms with Crippen LogP contribution in [-0.2, 0) is 20.9 Å². The van der Waals surface area contributed by atoms with Gasteiger partial charge in [0.05, 0.1) is 6.61 Å². The molecule has 1 aromatic heterocycles. The molecule has 1 unspecified atom stereocenters. The van der Waals surface area contributed by atoms with Crippen LogP contribution in [0.25, 0.3) is 0 Å². The second kappa shape index (κ2) is 7.19. The van der Waals surface area contributed by atoms with Gasteiger partial charge in [0.1, 0.15) is 6.20 Å². The van der Waals surface area contributed by atoms with Crippen LogP contribution >= 0.6 is 0 Å². The smallest absolute Gasteiger partial charge is 0.381 e. The highest BCUT2D eigenvalue weighted by molar-refractivity contribution is 5.83. The molecule has 0 bridgehead atoms. The highest BCUT2D eigenvalue weighted by Gasteiger charge is 2.19. The zero-order valence-corrected chi connectivity index (χ0v) is 10.7. The van der Waals surface area contributed by atoms with Crippen molar-refractivity contribution in [1.82, 2.24) is 14.9 Å². The molecule has 1 rings (SSSR count). The minimum atomic E-state index is -1.20. The Morgan fingerprint density at radius 2 is 2.35 bits per heavy atom. The fourth-order valence-corrected chi connectivity index (χ4v) is 1.40. The highest BCUT2D eigenvalue weighted by Crippen LogP contribution is 2.06. The fraction of sp³-hybridized carbons (Fsp3) is 0.500. The third kappa shape index (κ3) is 4.65. The predicted molar refractivity (Wildman–Crippen MR) is 64.9 cm³/mol. The standard InChI is InChI=1S/C10H14N4O6/c1-20-5-7(10(16)17)12-9(15)2-3-13-4-8(11-6-13)14(18)19/h4,6-7H,2-3,5H2,1H3,(H,12,15)(H,16,17). The molecular weight excluding hydrogens is 272 g/mol. The third-order valence-corrected chi connectivity index (χ3v) is 2.37. The number of hydrogen-bond acceptors (Lipinski definition) is 6. The van der Waals surface area contributed by atoms with E-state index in [1.165, 1.54) is 24.2 Å². The number of methoxy groups -OCH3 is 1. The van der Waals surface area contributed by atoms with E-state index in [0.29, 0.717) is 0 Å². The van der Waals surface area contributed by atoms with Crippen LogP contribution in [0.5, 0.6) is 0 Å². The Balaban J connectivity index is 2.45. The summed E-state index contributed by atoms with van der Waals surface area (Å²) in [5.74, 6) is -2.00. The average molecular weight is 286 g/mol. The van der Waals surface area contributed by atoms with Crippen molar-refractivity contribution in [1.29, 1.82) is 0 Å². The predicted octanol–water partition coefficient (Wildman–Crippen LogP) is -0.603. The van der Waals surface area contributed by atoms with Gasteiger partial charge in [-0.1, -0.05) is 0 Å². The number of hydrogen-bond donors (Lipinski definition) is 2. The van der Waals surface area contributed by atoms with Gasteiger partial charge in [-0.2, -0.15) is 0 Å². The number of nitrogens with zero attached hydrogens (tertiary/aromatic N) is 3. The van der Waals surface area contributed by atoms with Crippen LogP contribution in [0, 0.1) is 10.1 Å². The summed E-state index contributed by atoms with van der Waals surface area (Å²) in [6, 6.07) is -1.12. The van der Waals surface area contributed by atoms with Crippen LogP contribution in [0.1, 0.15) is 6.42 Å². The first-order valence-corrected chi connectivity index (χ1v) is 5.61. The Morgan fingerprint density at radius 3 is 2.85 bits per heavy atom. The van der Waals surface area contributed by atoms with Crippen LogP contribution in [-0.4, -0.2) is 51.2 Å². The number of imidazole rings is 1. The Labute approximate surface area is 113 Å². The molecule has 110 valence electrons. The molecule has 1 atom stereocenters. The van der Waals surface area contributed by atoms with Crippen molar-refractivity contribution in [3.63, 3.8) is 0 Å². The zero-order chi connectivity index (χ0) is 15.1. The number of carboxylic acid groups (broad SMARTS) is 1. The van der Waals surface area contributed by atoms with E-state index in [-0.39, 0.29) is 25.4 Å². The lowest BCUT2D eigenvalue weighted by Crippen LogP contribution is -2.44. The van der Waals surface area contributed by atoms with Crippen LogP contribution in [0.2, 0.25) is 0 Å². The summed E-state index contributed by atoms with van der Waals surface area (Å²) in [6.45, 7) is 0.0175. The quantitative estimate of drug-likeness (QED) is 0.480. The van der Waals surface area contributed by atoms with Gasteiger partial charge < -0.3 is 29.8 Å². The number of aromatic nitrogens is 2. The van der Waals surface area contributed by atoms with Gasteiger partial charge in [-0.25, -0.2) is 4.79 Å². The van der Waals surface area contributed by atoms with Gasteiger partial charge >= 0.3 is 11.8 Å². The summed E-state index contributed by atoms with van der Waals surface area (Å²) in [5.41, 5.74) is 0. The van der Waals surface area contributed by atoms with E-state index in [0.717, 1.165) is 0 Å². The summed E-state index contributed by atoms with van der Waals surface area (Å²) < 4.78 is 6.05. The van der Waals surface area contributed by atoms with E-state index in [1.807, 2.05) is 0 Å². The van der Waals surface area contributed by atoms with Gasteiger partial charge in [-0.05, 0) is 9.91 Å². The Hall–Kier alpha value is -2.49. The Morgan fingerprint density at radius 1 is 1.65 bits per heavy atom. The minimum Gasteiger partial charge on any atom is -0.480 e. The highest BCUT2D eigenvalue weighted by atomic mass is 16.6. The first-order valence-electron chi connectivity index (χ1n) is 5.61. The number of carbonyl (C=O) groups excluding carboxylic acids is 1. The maximum atomic E-state index is 11.5. The molecule has 1 amide bonds. The van der Waals surface area contributed by atoms with Crippen LogP contribution in [0.3, 0.4) is 0 Å². The van der Waals surface area contributed by atoms with Crippen molar-refractivity contribution < 1.29 is 24.4 Å². The number of nitrogens with one attached hydrogen (secondary N) is 1. The molecule has 2 N–H and O–H groups in total. The SMILES string of the molecule is COCC(NC(=O)CCn1cnc([N+](=O)[O-])c1)C(=O)O. The number of amides is 1. The summed E-state index contributed by atoms with van der Waals surface area (Å²) >= 11 is 0. The molecule has 0 radical (unpaired) electrons. The molecule has 20 heavy (non-hydrogen) atoms. The molecule has 1 heterocycles. The van der Waals surface area contributed by atoms with Gasteiger partial charge in [-0.3, -0.25) is 4.79 Å². The van der Waals surface area contributed by atoms with Crippen LogP contribution < -0.4 is 5.32 Å². The van der Waals surface area contributed by atoms with Crippen LogP contribution in [0.15, 0.2) is 12.5 Å². The lowest BCUT2D eigenvalue weighted by atomic mass is 10.3. The molecular formula is C10H14N4O6. The number of ether oxygens (including phenoxy) is 1. The second-order valence-corrected chi connectivity index (χ2v) is 3.89. The molecule has 0 aliphatic heterocycles. The van der Waals surface area contributed by atoms with Gasteiger partial charge in [-0.15, -0.1) is 0 Å². The number of carbonyl (C=O) groups is 2. The molecule has 0 fully saturated rings.